The van der Waals surface area contributed by atoms with E-state index in [1.54, 1.807) is 12.1 Å². The first-order valence-electron chi connectivity index (χ1n) is 15.2. The number of hydrogen-bond acceptors (Lipinski definition) is 7. The summed E-state index contributed by atoms with van der Waals surface area (Å²) in [4.78, 5) is 21.2. The average molecular weight is 795 g/mol. The molecule has 20 heteroatoms. The van der Waals surface area contributed by atoms with Gasteiger partial charge in [0, 0.05) is 40.0 Å². The largest absolute Gasteiger partial charge is 0.446 e. The second kappa shape index (κ2) is 13.1. The molecule has 0 unspecified atom stereocenters. The van der Waals surface area contributed by atoms with Crippen LogP contribution in [0.5, 0.6) is 0 Å². The van der Waals surface area contributed by atoms with E-state index in [9.17, 15) is 50.0 Å². The number of hydrogen-bond donors (Lipinski definition) is 0. The van der Waals surface area contributed by atoms with Crippen molar-refractivity contribution in [1.82, 2.24) is 19.9 Å². The Morgan fingerprint density at radius 2 is 1.04 bits per heavy atom. The molecule has 3 aromatic carbocycles. The van der Waals surface area contributed by atoms with Crippen LogP contribution in [-0.2, 0) is 12.8 Å². The van der Waals surface area contributed by atoms with Crippen molar-refractivity contribution in [1.29, 1.82) is 10.5 Å². The van der Waals surface area contributed by atoms with Crippen LogP contribution in [0, 0.1) is 89.3 Å². The molecule has 0 radical (unpaired) electrons. The zero-order valence-corrected chi connectivity index (χ0v) is 28.0. The number of aromatic nitrogens is 4. The lowest BCUT2D eigenvalue weighted by Crippen LogP contribution is -2.26. The van der Waals surface area contributed by atoms with Gasteiger partial charge in [-0.3, -0.25) is 9.97 Å². The van der Waals surface area contributed by atoms with E-state index in [-0.39, 0.29) is 55.5 Å². The molecule has 8 nitrogen and oxygen atoms in total. The van der Waals surface area contributed by atoms with Gasteiger partial charge in [-0.05, 0) is 29.8 Å². The van der Waals surface area contributed by atoms with Crippen LogP contribution in [0.1, 0.15) is 28.1 Å². The van der Waals surface area contributed by atoms with Crippen LogP contribution >= 0.6 is 11.8 Å². The Labute approximate surface area is 309 Å². The lowest BCUT2D eigenvalue weighted by molar-refractivity contribution is -0.0331. The van der Waals surface area contributed by atoms with Crippen molar-refractivity contribution in [2.75, 3.05) is 0 Å². The minimum atomic E-state index is -5.32. The van der Waals surface area contributed by atoms with Gasteiger partial charge in [0.15, 0.2) is 46.5 Å². The molecule has 5 aromatic rings. The monoisotopic (exact) mass is 794 g/mol. The van der Waals surface area contributed by atoms with E-state index in [0.29, 0.717) is 6.20 Å². The minimum absolute atomic E-state index is 0.00197. The molecule has 0 bridgehead atoms. The fourth-order valence-corrected chi connectivity index (χ4v) is 7.22. The topological polar surface area (TPSA) is 108 Å². The molecule has 7 rings (SSSR count). The summed E-state index contributed by atoms with van der Waals surface area (Å²) in [7, 11) is 0. The third-order valence-electron chi connectivity index (χ3n) is 8.90. The zero-order valence-electron chi connectivity index (χ0n) is 27.2. The number of benzene rings is 3. The number of thioether (sulfide) groups is 1. The average Bonchev–Trinajstić information content (AvgIpc) is 3.73. The summed E-state index contributed by atoms with van der Waals surface area (Å²) in [5, 5.41) is 19.7. The second-order valence-corrected chi connectivity index (χ2v) is 12.9. The smallest absolute Gasteiger partial charge is 0.252 e. The highest BCUT2D eigenvalue weighted by Crippen LogP contribution is 2.44. The summed E-state index contributed by atoms with van der Waals surface area (Å²) < 4.78 is 158. The number of nitriles is 2. The van der Waals surface area contributed by atoms with Crippen LogP contribution < -0.4 is 10.4 Å². The molecule has 0 saturated carbocycles. The van der Waals surface area contributed by atoms with Gasteiger partial charge in [-0.15, -0.1) is 0 Å². The molecule has 2 aromatic heterocycles. The van der Waals surface area contributed by atoms with Crippen molar-refractivity contribution < 1.29 is 48.3 Å². The molecule has 2 aliphatic carbocycles. The van der Waals surface area contributed by atoms with Crippen molar-refractivity contribution in [3.05, 3.63) is 120 Å². The van der Waals surface area contributed by atoms with Crippen LogP contribution in [0.2, 0.25) is 0 Å². The Morgan fingerprint density at radius 1 is 0.643 bits per heavy atom. The molecular weight excluding hydrogens is 785 g/mol. The van der Waals surface area contributed by atoms with E-state index in [4.69, 9.17) is 13.1 Å². The summed E-state index contributed by atoms with van der Waals surface area (Å²) in [6, 6.07) is 3.42. The summed E-state index contributed by atoms with van der Waals surface area (Å²) in [6.45, 7) is 16.3. The molecule has 0 spiro atoms. The Kier molecular flexibility index (Phi) is 8.78. The maximum atomic E-state index is 15.2. The van der Waals surface area contributed by atoms with Gasteiger partial charge in [-0.1, -0.05) is 0 Å². The molecule has 0 fully saturated rings. The Hall–Kier alpha value is -6.90. The van der Waals surface area contributed by atoms with E-state index < -0.39 is 121 Å². The van der Waals surface area contributed by atoms with E-state index in [0.717, 1.165) is 13.1 Å². The first-order valence-corrected chi connectivity index (χ1v) is 16.0. The van der Waals surface area contributed by atoms with Crippen LogP contribution in [0.4, 0.5) is 48.3 Å². The molecule has 0 amide bonds. The Bertz CT molecular complexity index is 2900. The van der Waals surface area contributed by atoms with Gasteiger partial charge in [-0.25, -0.2) is 65.3 Å². The maximum absolute atomic E-state index is 15.2. The zero-order chi connectivity index (χ0) is 40.7. The van der Waals surface area contributed by atoms with Gasteiger partial charge in [-0.2, -0.15) is 13.2 Å². The number of rotatable bonds is 3. The molecule has 2 heterocycles. The molecule has 0 saturated heterocycles. The third kappa shape index (κ3) is 5.40. The first kappa shape index (κ1) is 37.4. The van der Waals surface area contributed by atoms with Crippen LogP contribution in [0.15, 0.2) is 17.3 Å². The minimum Gasteiger partial charge on any atom is -0.252 e. The molecule has 2 aliphatic rings. The lowest BCUT2D eigenvalue weighted by atomic mass is 9.92. The fraction of sp³-hybridized carbons (Fsp3) is 0.111. The number of fused-ring (bicyclic) bond motifs is 6. The van der Waals surface area contributed by atoms with Crippen LogP contribution in [-0.4, -0.2) is 25.4 Å². The number of halogens is 11. The highest BCUT2D eigenvalue weighted by molar-refractivity contribution is 8.00. The van der Waals surface area contributed by atoms with Crippen molar-refractivity contribution in [3.63, 3.8) is 0 Å². The van der Waals surface area contributed by atoms with Crippen LogP contribution in [0.3, 0.4) is 0 Å². The van der Waals surface area contributed by atoms with Crippen molar-refractivity contribution >= 4 is 23.2 Å². The second-order valence-electron chi connectivity index (χ2n) is 11.8. The predicted molar refractivity (Wildman–Crippen MR) is 172 cm³/mol. The van der Waals surface area contributed by atoms with Gasteiger partial charge in [0.25, 0.3) is 11.4 Å². The van der Waals surface area contributed by atoms with E-state index in [2.05, 4.69) is 29.6 Å². The van der Waals surface area contributed by atoms with Crippen molar-refractivity contribution in [3.8, 4) is 57.2 Å². The standard InChI is InChI=1S/C36H9F11N8S/c1-10-25(37)27(39)23(28(40)26(10)38)17-8-52-33-13(54-17)4-11-19(15(6-48)50-2)12-5-14-34(21(12)22(20(11)33)16(7-49)51-3)53-9-18(55-14)24-29(41)31(43)35(32(44)30(24)42)56-36(45,46)47/h8-9H,4-5H2,1H3/b19-15+,22-16+. The normalized spacial score (nSPS) is 13.4. The summed E-state index contributed by atoms with van der Waals surface area (Å²) in [6.07, 6.45) is 0.486. The van der Waals surface area contributed by atoms with Gasteiger partial charge >= 0.3 is 5.51 Å². The highest BCUT2D eigenvalue weighted by atomic mass is 32.2. The van der Waals surface area contributed by atoms with Crippen LogP contribution in [0.25, 0.3) is 66.1 Å². The molecule has 0 aliphatic heterocycles. The van der Waals surface area contributed by atoms with E-state index in [1.807, 2.05) is 0 Å². The van der Waals surface area contributed by atoms with E-state index in [1.165, 1.54) is 0 Å². The molecule has 0 atom stereocenters. The molecule has 0 N–H and O–H groups in total. The van der Waals surface area contributed by atoms with E-state index >= 15 is 8.78 Å². The van der Waals surface area contributed by atoms with Crippen molar-refractivity contribution in [2.24, 2.45) is 0 Å². The van der Waals surface area contributed by atoms with Gasteiger partial charge in [0.05, 0.1) is 87.9 Å². The molecular formula is C36H9F11N8S. The van der Waals surface area contributed by atoms with Gasteiger partial charge < -0.3 is 0 Å². The summed E-state index contributed by atoms with van der Waals surface area (Å²) in [5.74, 6) is -16.1. The third-order valence-corrected chi connectivity index (χ3v) is 9.70. The Morgan fingerprint density at radius 3 is 1.41 bits per heavy atom. The summed E-state index contributed by atoms with van der Waals surface area (Å²) in [5.41, 5.74) is -12.7. The summed E-state index contributed by atoms with van der Waals surface area (Å²) >= 11 is -1.42. The number of alkyl halides is 3. The quantitative estimate of drug-likeness (QED) is 0.0776. The fourth-order valence-electron chi connectivity index (χ4n) is 6.63. The molecule has 56 heavy (non-hydrogen) atoms. The highest BCUT2D eigenvalue weighted by Gasteiger charge is 2.39. The first-order chi connectivity index (χ1) is 26.5. The van der Waals surface area contributed by atoms with Gasteiger partial charge in [0.1, 0.15) is 0 Å². The Balaban J connectivity index is 1.51. The lowest BCUT2D eigenvalue weighted by Gasteiger charge is -2.13. The number of nitrogens with zero attached hydrogens (tertiary/aromatic N) is 8. The molecule has 276 valence electrons. The maximum Gasteiger partial charge on any atom is 0.446 e. The predicted octanol–water partition coefficient (Wildman–Crippen LogP) is 7.88. The van der Waals surface area contributed by atoms with Gasteiger partial charge in [0.2, 0.25) is 0 Å². The van der Waals surface area contributed by atoms with Crippen molar-refractivity contribution in [2.45, 2.75) is 30.2 Å². The SMILES string of the molecule is [C-]#[N+]/C(C#N)=c1\c2c(/c(=C(/C#N)[N+]#[C-])c3c1Cc1nc(-c4c(F)c(F)c(SC(F)(F)F)c(F)c4F)cnc1-3)-c1ncc(-c3c(F)c(F)c(C)c(F)c3F)nc1C2.